The molecule has 17 heavy (non-hydrogen) atoms. The fraction of sp³-hybridized carbons (Fsp3) is 0.417. The van der Waals surface area contributed by atoms with Crippen LogP contribution in [0.4, 0.5) is 13.2 Å². The largest absolute Gasteiger partial charge is 0.417 e. The molecule has 0 spiro atoms. The predicted octanol–water partition coefficient (Wildman–Crippen LogP) is 2.87. The molecule has 94 valence electrons. The first-order valence-electron chi connectivity index (χ1n) is 5.25. The fourth-order valence-electron chi connectivity index (χ4n) is 1.48. The number of rotatable bonds is 4. The molecule has 0 aliphatic heterocycles. The van der Waals surface area contributed by atoms with E-state index in [0.717, 1.165) is 6.07 Å². The predicted molar refractivity (Wildman–Crippen MR) is 58.6 cm³/mol. The van der Waals surface area contributed by atoms with Crippen LogP contribution in [0.15, 0.2) is 24.3 Å². The fourth-order valence-corrected chi connectivity index (χ4v) is 1.48. The summed E-state index contributed by atoms with van der Waals surface area (Å²) in [5, 5.41) is 0. The van der Waals surface area contributed by atoms with Gasteiger partial charge in [-0.25, -0.2) is 0 Å². The number of nitrogens with two attached hydrogens (primary N) is 1. The number of alkyl halides is 3. The van der Waals surface area contributed by atoms with E-state index in [1.54, 1.807) is 6.92 Å². The molecule has 0 fully saturated rings. The third-order valence-corrected chi connectivity index (χ3v) is 2.47. The minimum Gasteiger partial charge on any atom is -0.330 e. The summed E-state index contributed by atoms with van der Waals surface area (Å²) in [6.07, 6.45) is -4.47. The van der Waals surface area contributed by atoms with Gasteiger partial charge in [-0.05, 0) is 18.5 Å². The first kappa shape index (κ1) is 13.7. The van der Waals surface area contributed by atoms with Gasteiger partial charge in [-0.3, -0.25) is 4.79 Å². The molecule has 0 aromatic heterocycles. The van der Waals surface area contributed by atoms with E-state index in [4.69, 9.17) is 5.73 Å². The van der Waals surface area contributed by atoms with Crippen molar-refractivity contribution in [1.29, 1.82) is 0 Å². The number of carbonyl (C=O) groups excluding carboxylic acids is 1. The molecular weight excluding hydrogens is 231 g/mol. The summed E-state index contributed by atoms with van der Waals surface area (Å²) in [5.41, 5.74) is 4.19. The quantitative estimate of drug-likeness (QED) is 0.829. The molecule has 0 radical (unpaired) electrons. The van der Waals surface area contributed by atoms with Gasteiger partial charge in [-0.15, -0.1) is 0 Å². The van der Waals surface area contributed by atoms with Crippen LogP contribution in [0, 0.1) is 5.92 Å². The molecule has 2 N–H and O–H groups in total. The smallest absolute Gasteiger partial charge is 0.330 e. The Morgan fingerprint density at radius 2 is 1.94 bits per heavy atom. The Hall–Kier alpha value is -1.36. The van der Waals surface area contributed by atoms with Crippen LogP contribution >= 0.6 is 0 Å². The molecule has 0 bridgehead atoms. The minimum absolute atomic E-state index is 0.0313. The zero-order chi connectivity index (χ0) is 13.1. The van der Waals surface area contributed by atoms with Gasteiger partial charge >= 0.3 is 6.18 Å². The molecule has 1 aromatic carbocycles. The van der Waals surface area contributed by atoms with Crippen LogP contribution in [-0.2, 0) is 6.18 Å². The third-order valence-electron chi connectivity index (χ3n) is 2.47. The number of ketones is 1. The Bertz CT molecular complexity index is 401. The topological polar surface area (TPSA) is 43.1 Å². The summed E-state index contributed by atoms with van der Waals surface area (Å²) in [6.45, 7) is 2.01. The standard InChI is InChI=1S/C12H14F3NO/c1-8(7-16)6-11(17)9-4-2-3-5-10(9)12(13,14)15/h2-5,8H,6-7,16H2,1H3. The summed E-state index contributed by atoms with van der Waals surface area (Å²) < 4.78 is 38.0. The lowest BCUT2D eigenvalue weighted by molar-refractivity contribution is -0.137. The lowest BCUT2D eigenvalue weighted by Crippen LogP contribution is -2.18. The highest BCUT2D eigenvalue weighted by Gasteiger charge is 2.34. The van der Waals surface area contributed by atoms with Crippen LogP contribution in [0.5, 0.6) is 0 Å². The third kappa shape index (κ3) is 3.56. The van der Waals surface area contributed by atoms with Crippen molar-refractivity contribution < 1.29 is 18.0 Å². The van der Waals surface area contributed by atoms with Gasteiger partial charge in [0.05, 0.1) is 5.56 Å². The second-order valence-corrected chi connectivity index (χ2v) is 4.01. The van der Waals surface area contributed by atoms with Crippen molar-refractivity contribution in [3.8, 4) is 0 Å². The van der Waals surface area contributed by atoms with Crippen LogP contribution in [0.25, 0.3) is 0 Å². The first-order valence-corrected chi connectivity index (χ1v) is 5.25. The van der Waals surface area contributed by atoms with Gasteiger partial charge in [0, 0.05) is 12.0 Å². The van der Waals surface area contributed by atoms with Crippen molar-refractivity contribution in [3.05, 3.63) is 35.4 Å². The van der Waals surface area contributed by atoms with Gasteiger partial charge in [-0.2, -0.15) is 13.2 Å². The Morgan fingerprint density at radius 3 is 2.47 bits per heavy atom. The molecule has 1 aromatic rings. The van der Waals surface area contributed by atoms with Crippen LogP contribution in [0.1, 0.15) is 29.3 Å². The highest BCUT2D eigenvalue weighted by atomic mass is 19.4. The highest BCUT2D eigenvalue weighted by Crippen LogP contribution is 2.32. The summed E-state index contributed by atoms with van der Waals surface area (Å²) in [4.78, 5) is 11.7. The second kappa shape index (κ2) is 5.31. The SMILES string of the molecule is CC(CN)CC(=O)c1ccccc1C(F)(F)F. The summed E-state index contributed by atoms with van der Waals surface area (Å²) in [7, 11) is 0. The van der Waals surface area contributed by atoms with E-state index >= 15 is 0 Å². The maximum Gasteiger partial charge on any atom is 0.417 e. The van der Waals surface area contributed by atoms with Gasteiger partial charge < -0.3 is 5.73 Å². The van der Waals surface area contributed by atoms with Crippen molar-refractivity contribution in [3.63, 3.8) is 0 Å². The van der Waals surface area contributed by atoms with Crippen LogP contribution in [0.2, 0.25) is 0 Å². The molecule has 0 saturated carbocycles. The lowest BCUT2D eigenvalue weighted by Gasteiger charge is -2.13. The zero-order valence-electron chi connectivity index (χ0n) is 9.42. The van der Waals surface area contributed by atoms with E-state index < -0.39 is 17.5 Å². The van der Waals surface area contributed by atoms with E-state index in [0.29, 0.717) is 0 Å². The van der Waals surface area contributed by atoms with Crippen LogP contribution in [0.3, 0.4) is 0 Å². The Labute approximate surface area is 97.6 Å². The Morgan fingerprint density at radius 1 is 1.35 bits per heavy atom. The second-order valence-electron chi connectivity index (χ2n) is 4.01. The molecule has 0 aliphatic carbocycles. The average molecular weight is 245 g/mol. The van der Waals surface area contributed by atoms with Gasteiger partial charge in [0.25, 0.3) is 0 Å². The molecule has 5 heteroatoms. The van der Waals surface area contributed by atoms with Gasteiger partial charge in [-0.1, -0.05) is 25.1 Å². The molecule has 0 amide bonds. The number of hydrogen-bond donors (Lipinski definition) is 1. The van der Waals surface area contributed by atoms with Crippen molar-refractivity contribution in [2.45, 2.75) is 19.5 Å². The van der Waals surface area contributed by atoms with Crippen molar-refractivity contribution in [2.24, 2.45) is 11.7 Å². The van der Waals surface area contributed by atoms with Crippen LogP contribution in [-0.4, -0.2) is 12.3 Å². The Kier molecular flexibility index (Phi) is 4.28. The highest BCUT2D eigenvalue weighted by molar-refractivity contribution is 5.97. The van der Waals surface area contributed by atoms with E-state index in [9.17, 15) is 18.0 Å². The molecule has 0 saturated heterocycles. The van der Waals surface area contributed by atoms with Crippen molar-refractivity contribution in [1.82, 2.24) is 0 Å². The molecular formula is C12H14F3NO. The van der Waals surface area contributed by atoms with Crippen LogP contribution < -0.4 is 5.73 Å². The van der Waals surface area contributed by atoms with E-state index in [1.807, 2.05) is 0 Å². The first-order chi connectivity index (χ1) is 7.86. The van der Waals surface area contributed by atoms with E-state index in [1.165, 1.54) is 18.2 Å². The van der Waals surface area contributed by atoms with Gasteiger partial charge in [0.15, 0.2) is 5.78 Å². The van der Waals surface area contributed by atoms with E-state index in [-0.39, 0.29) is 24.4 Å². The summed E-state index contributed by atoms with van der Waals surface area (Å²) in [6, 6.07) is 4.82. The number of carbonyl (C=O) groups is 1. The number of Topliss-reactive ketones (excluding diaryl/α,β-unsaturated/α-hetero) is 1. The number of benzene rings is 1. The maximum atomic E-state index is 12.7. The Balaban J connectivity index is 3.02. The van der Waals surface area contributed by atoms with Crippen molar-refractivity contribution in [2.75, 3.05) is 6.54 Å². The number of hydrogen-bond acceptors (Lipinski definition) is 2. The summed E-state index contributed by atoms with van der Waals surface area (Å²) >= 11 is 0. The minimum atomic E-state index is -4.50. The molecule has 0 heterocycles. The molecule has 1 rings (SSSR count). The van der Waals surface area contributed by atoms with E-state index in [2.05, 4.69) is 0 Å². The summed E-state index contributed by atoms with van der Waals surface area (Å²) in [5.74, 6) is -0.639. The maximum absolute atomic E-state index is 12.7. The molecule has 1 atom stereocenters. The normalized spacial score (nSPS) is 13.5. The molecule has 2 nitrogen and oxygen atoms in total. The zero-order valence-corrected chi connectivity index (χ0v) is 9.42. The molecule has 0 aliphatic rings. The average Bonchev–Trinajstić information content (AvgIpc) is 2.27. The molecule has 1 unspecified atom stereocenters. The lowest BCUT2D eigenvalue weighted by atomic mass is 9.96. The van der Waals surface area contributed by atoms with Crippen molar-refractivity contribution >= 4 is 5.78 Å². The van der Waals surface area contributed by atoms with Gasteiger partial charge in [0.2, 0.25) is 0 Å². The monoisotopic (exact) mass is 245 g/mol. The number of halogens is 3. The van der Waals surface area contributed by atoms with Gasteiger partial charge in [0.1, 0.15) is 0 Å².